The van der Waals surface area contributed by atoms with Crippen LogP contribution in [-0.4, -0.2) is 19.7 Å². The second-order valence-electron chi connectivity index (χ2n) is 3.73. The van der Waals surface area contributed by atoms with Gasteiger partial charge in [-0.15, -0.1) is 10.2 Å². The molecule has 17 heavy (non-hydrogen) atoms. The molecule has 0 fully saturated rings. The molecule has 0 radical (unpaired) electrons. The number of pyridine rings is 1. The first kappa shape index (κ1) is 9.65. The van der Waals surface area contributed by atoms with E-state index in [1.165, 1.54) is 0 Å². The zero-order valence-electron chi connectivity index (χ0n) is 8.91. The molecule has 3 rings (SSSR count). The molecule has 0 aliphatic heterocycles. The topological polar surface area (TPSA) is 76.4 Å². The van der Waals surface area contributed by atoms with Crippen molar-refractivity contribution in [1.29, 1.82) is 0 Å². The lowest BCUT2D eigenvalue weighted by Crippen LogP contribution is -1.90. The number of nitrogen functional groups attached to an aromatic ring is 1. The first-order chi connectivity index (χ1) is 8.25. The van der Waals surface area contributed by atoms with E-state index in [2.05, 4.69) is 10.2 Å². The van der Waals surface area contributed by atoms with Gasteiger partial charge in [-0.25, -0.2) is 0 Å². The van der Waals surface area contributed by atoms with Crippen LogP contribution in [-0.2, 0) is 0 Å². The maximum Gasteiger partial charge on any atom is 0.168 e. The summed E-state index contributed by atoms with van der Waals surface area (Å²) in [6.45, 7) is 0. The Morgan fingerprint density at radius 3 is 2.82 bits per heavy atom. The Labute approximate surface area is 97.1 Å². The van der Waals surface area contributed by atoms with Crippen LogP contribution in [0.2, 0.25) is 0 Å². The Bertz CT molecular complexity index is 690. The van der Waals surface area contributed by atoms with Crippen LogP contribution in [0.25, 0.3) is 17.0 Å². The molecule has 0 aliphatic carbocycles. The predicted octanol–water partition coefficient (Wildman–Crippen LogP) is 1.68. The summed E-state index contributed by atoms with van der Waals surface area (Å²) in [7, 11) is 0. The number of fused-ring (bicyclic) bond motifs is 1. The quantitative estimate of drug-likeness (QED) is 0.489. The number of hydrogen-bond acceptors (Lipinski definition) is 4. The molecule has 2 heterocycles. The molecule has 3 aromatic rings. The van der Waals surface area contributed by atoms with E-state index in [1.807, 2.05) is 28.8 Å². The molecule has 0 amide bonds. The maximum atomic E-state index is 9.59. The van der Waals surface area contributed by atoms with Crippen LogP contribution in [0.4, 0.5) is 5.69 Å². The van der Waals surface area contributed by atoms with Crippen molar-refractivity contribution >= 4 is 11.3 Å². The van der Waals surface area contributed by atoms with Crippen LogP contribution in [0.1, 0.15) is 0 Å². The molecule has 5 heteroatoms. The number of nitrogens with two attached hydrogens (primary N) is 1. The van der Waals surface area contributed by atoms with E-state index in [4.69, 9.17) is 5.73 Å². The fourth-order valence-corrected chi connectivity index (χ4v) is 1.72. The van der Waals surface area contributed by atoms with Gasteiger partial charge in [-0.1, -0.05) is 6.07 Å². The van der Waals surface area contributed by atoms with Crippen molar-refractivity contribution in [1.82, 2.24) is 14.6 Å². The van der Waals surface area contributed by atoms with E-state index >= 15 is 0 Å². The molecule has 0 saturated carbocycles. The summed E-state index contributed by atoms with van der Waals surface area (Å²) in [5, 5.41) is 17.7. The Hall–Kier alpha value is -2.56. The minimum atomic E-state index is 0.0511. The molecule has 84 valence electrons. The summed E-state index contributed by atoms with van der Waals surface area (Å²) in [6, 6.07) is 10.7. The zero-order chi connectivity index (χ0) is 11.8. The summed E-state index contributed by atoms with van der Waals surface area (Å²) in [5.74, 6) is 0.728. The van der Waals surface area contributed by atoms with Crippen LogP contribution in [0.3, 0.4) is 0 Å². The average Bonchev–Trinajstić information content (AvgIpc) is 2.76. The summed E-state index contributed by atoms with van der Waals surface area (Å²) >= 11 is 0. The number of nitrogens with zero attached hydrogens (tertiary/aromatic N) is 3. The number of aromatic hydroxyl groups is 1. The maximum absolute atomic E-state index is 9.59. The summed E-state index contributed by atoms with van der Waals surface area (Å²) in [4.78, 5) is 0. The highest BCUT2D eigenvalue weighted by atomic mass is 16.3. The van der Waals surface area contributed by atoms with Crippen LogP contribution in [0.5, 0.6) is 5.75 Å². The van der Waals surface area contributed by atoms with Crippen molar-refractivity contribution in [2.45, 2.75) is 0 Å². The van der Waals surface area contributed by atoms with Gasteiger partial charge < -0.3 is 10.8 Å². The lowest BCUT2D eigenvalue weighted by Gasteiger charge is -2.02. The monoisotopic (exact) mass is 226 g/mol. The van der Waals surface area contributed by atoms with Crippen molar-refractivity contribution in [3.63, 3.8) is 0 Å². The molecular formula is C12H10N4O. The van der Waals surface area contributed by atoms with Gasteiger partial charge in [0.05, 0.1) is 5.69 Å². The first-order valence-electron chi connectivity index (χ1n) is 5.14. The van der Waals surface area contributed by atoms with Gasteiger partial charge in [0.2, 0.25) is 0 Å². The van der Waals surface area contributed by atoms with Gasteiger partial charge in [0, 0.05) is 11.8 Å². The van der Waals surface area contributed by atoms with Gasteiger partial charge in [0.25, 0.3) is 0 Å². The molecule has 0 unspecified atom stereocenters. The van der Waals surface area contributed by atoms with Gasteiger partial charge >= 0.3 is 0 Å². The van der Waals surface area contributed by atoms with Gasteiger partial charge in [-0.3, -0.25) is 4.40 Å². The number of rotatable bonds is 1. The standard InChI is InChI=1S/C12H10N4O/c13-9-5-4-8(7-10(9)17)12-15-14-11-3-1-2-6-16(11)12/h1-7,17H,13H2. The van der Waals surface area contributed by atoms with Gasteiger partial charge in [0.15, 0.2) is 11.5 Å². The smallest absolute Gasteiger partial charge is 0.168 e. The van der Waals surface area contributed by atoms with Crippen molar-refractivity contribution in [2.75, 3.05) is 5.73 Å². The van der Waals surface area contributed by atoms with E-state index in [1.54, 1.807) is 18.2 Å². The highest BCUT2D eigenvalue weighted by molar-refractivity contribution is 5.66. The molecule has 0 saturated heterocycles. The van der Waals surface area contributed by atoms with Gasteiger partial charge in [-0.2, -0.15) is 0 Å². The SMILES string of the molecule is Nc1ccc(-c2nnc3ccccn23)cc1O. The minimum Gasteiger partial charge on any atom is -0.506 e. The normalized spacial score (nSPS) is 10.8. The average molecular weight is 226 g/mol. The fourth-order valence-electron chi connectivity index (χ4n) is 1.72. The van der Waals surface area contributed by atoms with Crippen LogP contribution in [0, 0.1) is 0 Å². The van der Waals surface area contributed by atoms with Crippen molar-refractivity contribution in [3.8, 4) is 17.1 Å². The second kappa shape index (κ2) is 3.48. The van der Waals surface area contributed by atoms with Gasteiger partial charge in [-0.05, 0) is 30.3 Å². The minimum absolute atomic E-state index is 0.0511. The van der Waals surface area contributed by atoms with E-state index in [-0.39, 0.29) is 5.75 Å². The van der Waals surface area contributed by atoms with Crippen LogP contribution < -0.4 is 5.73 Å². The number of aromatic nitrogens is 3. The molecule has 0 atom stereocenters. The molecule has 0 spiro atoms. The Kier molecular flexibility index (Phi) is 1.98. The van der Waals surface area contributed by atoms with Gasteiger partial charge in [0.1, 0.15) is 5.75 Å². The molecule has 1 aromatic carbocycles. The van der Waals surface area contributed by atoms with Crippen LogP contribution in [0.15, 0.2) is 42.6 Å². The Morgan fingerprint density at radius 1 is 1.12 bits per heavy atom. The van der Waals surface area contributed by atoms with E-state index in [0.29, 0.717) is 11.5 Å². The van der Waals surface area contributed by atoms with Crippen LogP contribution >= 0.6 is 0 Å². The van der Waals surface area contributed by atoms with E-state index < -0.39 is 0 Å². The Balaban J connectivity index is 2.24. The molecular weight excluding hydrogens is 216 g/mol. The second-order valence-corrected chi connectivity index (χ2v) is 3.73. The predicted molar refractivity (Wildman–Crippen MR) is 64.5 cm³/mol. The number of phenols is 1. The van der Waals surface area contributed by atoms with Crippen molar-refractivity contribution in [3.05, 3.63) is 42.6 Å². The summed E-state index contributed by atoms with van der Waals surface area (Å²) < 4.78 is 1.85. The Morgan fingerprint density at radius 2 is 2.00 bits per heavy atom. The largest absolute Gasteiger partial charge is 0.506 e. The third kappa shape index (κ3) is 1.48. The zero-order valence-corrected chi connectivity index (χ0v) is 8.91. The fraction of sp³-hybridized carbons (Fsp3) is 0. The molecule has 3 N–H and O–H groups in total. The lowest BCUT2D eigenvalue weighted by atomic mass is 10.2. The number of hydrogen-bond donors (Lipinski definition) is 2. The van der Waals surface area contributed by atoms with E-state index in [9.17, 15) is 5.11 Å². The lowest BCUT2D eigenvalue weighted by molar-refractivity contribution is 0.478. The van der Waals surface area contributed by atoms with Crippen molar-refractivity contribution in [2.24, 2.45) is 0 Å². The highest BCUT2D eigenvalue weighted by Crippen LogP contribution is 2.26. The number of anilines is 1. The summed E-state index contributed by atoms with van der Waals surface area (Å²) in [5.41, 5.74) is 7.45. The summed E-state index contributed by atoms with van der Waals surface area (Å²) in [6.07, 6.45) is 1.87. The third-order valence-corrected chi connectivity index (χ3v) is 2.60. The molecule has 5 nitrogen and oxygen atoms in total. The molecule has 0 bridgehead atoms. The van der Waals surface area contributed by atoms with E-state index in [0.717, 1.165) is 11.2 Å². The van der Waals surface area contributed by atoms with Crippen molar-refractivity contribution < 1.29 is 5.11 Å². The molecule has 0 aliphatic rings. The number of benzene rings is 1. The highest BCUT2D eigenvalue weighted by Gasteiger charge is 2.08. The third-order valence-electron chi connectivity index (χ3n) is 2.60. The first-order valence-corrected chi connectivity index (χ1v) is 5.14. The molecule has 2 aromatic heterocycles. The number of phenolic OH excluding ortho intramolecular Hbond substituents is 1.